The first-order valence-electron chi connectivity index (χ1n) is 7.16. The topological polar surface area (TPSA) is 49.3 Å². The molecule has 0 spiro atoms. The second-order valence-electron chi connectivity index (χ2n) is 5.43. The number of halogens is 2. The number of fused-ring (bicyclic) bond motifs is 1. The summed E-state index contributed by atoms with van der Waals surface area (Å²) in [6, 6.07) is 7.65. The van der Waals surface area contributed by atoms with Gasteiger partial charge in [-0.2, -0.15) is 0 Å². The standard InChI is InChI=1S/C17H15ClFNO2/c18-13-8-15(14(19)9-16(13)21)20-17(22)12-6-5-10-3-1-2-4-11(10)7-12/h5-9,21H,1-4H2,(H,20,22). The van der Waals surface area contributed by atoms with E-state index >= 15 is 0 Å². The van der Waals surface area contributed by atoms with E-state index in [4.69, 9.17) is 11.6 Å². The molecule has 3 rings (SSSR count). The van der Waals surface area contributed by atoms with Gasteiger partial charge in [-0.05, 0) is 55.0 Å². The number of carbonyl (C=O) groups excluding carboxylic acids is 1. The first kappa shape index (κ1) is 14.9. The number of anilines is 1. The van der Waals surface area contributed by atoms with E-state index in [1.54, 1.807) is 6.07 Å². The lowest BCUT2D eigenvalue weighted by atomic mass is 9.90. The molecular formula is C17H15ClFNO2. The Kier molecular flexibility index (Phi) is 4.03. The predicted molar refractivity (Wildman–Crippen MR) is 84.1 cm³/mol. The van der Waals surface area contributed by atoms with Gasteiger partial charge in [0.05, 0.1) is 10.7 Å². The second kappa shape index (κ2) is 5.97. The van der Waals surface area contributed by atoms with Gasteiger partial charge < -0.3 is 10.4 Å². The summed E-state index contributed by atoms with van der Waals surface area (Å²) in [6.07, 6.45) is 4.31. The quantitative estimate of drug-likeness (QED) is 0.810. The Morgan fingerprint density at radius 1 is 1.14 bits per heavy atom. The average molecular weight is 320 g/mol. The highest BCUT2D eigenvalue weighted by molar-refractivity contribution is 6.32. The van der Waals surface area contributed by atoms with E-state index in [1.165, 1.54) is 23.6 Å². The molecule has 0 aliphatic heterocycles. The molecule has 22 heavy (non-hydrogen) atoms. The predicted octanol–water partition coefficient (Wildman–Crippen LogP) is 4.32. The smallest absolute Gasteiger partial charge is 0.255 e. The minimum atomic E-state index is -0.729. The zero-order valence-electron chi connectivity index (χ0n) is 11.8. The van der Waals surface area contributed by atoms with Crippen LogP contribution in [0.5, 0.6) is 5.75 Å². The maximum Gasteiger partial charge on any atom is 0.255 e. The number of aromatic hydroxyl groups is 1. The molecule has 5 heteroatoms. The van der Waals surface area contributed by atoms with E-state index in [0.717, 1.165) is 25.3 Å². The molecule has 2 N–H and O–H groups in total. The molecule has 1 aliphatic carbocycles. The summed E-state index contributed by atoms with van der Waals surface area (Å²) in [7, 11) is 0. The number of phenolic OH excluding ortho intramolecular Hbond substituents is 1. The number of benzene rings is 2. The van der Waals surface area contributed by atoms with Gasteiger partial charge in [0, 0.05) is 11.6 Å². The first-order valence-corrected chi connectivity index (χ1v) is 7.53. The number of hydrogen-bond acceptors (Lipinski definition) is 2. The molecule has 0 saturated carbocycles. The normalized spacial score (nSPS) is 13.5. The van der Waals surface area contributed by atoms with Gasteiger partial charge in [-0.25, -0.2) is 4.39 Å². The molecule has 3 nitrogen and oxygen atoms in total. The van der Waals surface area contributed by atoms with Crippen LogP contribution in [0, 0.1) is 5.82 Å². The number of amides is 1. The van der Waals surface area contributed by atoms with Crippen molar-refractivity contribution in [2.45, 2.75) is 25.7 Å². The van der Waals surface area contributed by atoms with Crippen LogP contribution in [0.3, 0.4) is 0 Å². The fraction of sp³-hybridized carbons (Fsp3) is 0.235. The third-order valence-corrected chi connectivity index (χ3v) is 4.20. The first-order chi connectivity index (χ1) is 10.5. The Morgan fingerprint density at radius 2 is 1.86 bits per heavy atom. The molecule has 114 valence electrons. The minimum absolute atomic E-state index is 0.0119. The number of aryl methyl sites for hydroxylation is 2. The summed E-state index contributed by atoms with van der Waals surface area (Å²) in [6.45, 7) is 0. The van der Waals surface area contributed by atoms with Crippen LogP contribution in [0.4, 0.5) is 10.1 Å². The second-order valence-corrected chi connectivity index (χ2v) is 5.84. The summed E-state index contributed by atoms with van der Waals surface area (Å²) in [5.41, 5.74) is 2.90. The van der Waals surface area contributed by atoms with Crippen LogP contribution < -0.4 is 5.32 Å². The van der Waals surface area contributed by atoms with Crippen molar-refractivity contribution in [2.75, 3.05) is 5.32 Å². The summed E-state index contributed by atoms with van der Waals surface area (Å²) in [5, 5.41) is 11.8. The van der Waals surface area contributed by atoms with Crippen molar-refractivity contribution in [3.63, 3.8) is 0 Å². The Morgan fingerprint density at radius 3 is 2.64 bits per heavy atom. The number of rotatable bonds is 2. The van der Waals surface area contributed by atoms with Gasteiger partial charge in [-0.15, -0.1) is 0 Å². The molecule has 0 bridgehead atoms. The van der Waals surface area contributed by atoms with Crippen LogP contribution in [0.2, 0.25) is 5.02 Å². The Bertz CT molecular complexity index is 746. The molecule has 2 aromatic rings. The molecule has 0 radical (unpaired) electrons. The van der Waals surface area contributed by atoms with E-state index in [2.05, 4.69) is 5.32 Å². The number of carbonyl (C=O) groups is 1. The molecule has 0 saturated heterocycles. The lowest BCUT2D eigenvalue weighted by Gasteiger charge is -2.16. The molecule has 0 atom stereocenters. The highest BCUT2D eigenvalue weighted by Gasteiger charge is 2.15. The zero-order chi connectivity index (χ0) is 15.7. The van der Waals surface area contributed by atoms with E-state index in [0.29, 0.717) is 5.56 Å². The van der Waals surface area contributed by atoms with Crippen LogP contribution in [0.1, 0.15) is 34.3 Å². The SMILES string of the molecule is O=C(Nc1cc(Cl)c(O)cc1F)c1ccc2c(c1)CCCC2. The number of phenols is 1. The van der Waals surface area contributed by atoms with Crippen LogP contribution in [0.15, 0.2) is 30.3 Å². The van der Waals surface area contributed by atoms with Gasteiger partial charge in [0.25, 0.3) is 5.91 Å². The molecule has 2 aromatic carbocycles. The third-order valence-electron chi connectivity index (χ3n) is 3.90. The highest BCUT2D eigenvalue weighted by atomic mass is 35.5. The van der Waals surface area contributed by atoms with Crippen LogP contribution in [-0.4, -0.2) is 11.0 Å². The van der Waals surface area contributed by atoms with Crippen molar-refractivity contribution in [1.82, 2.24) is 0 Å². The summed E-state index contributed by atoms with van der Waals surface area (Å²) >= 11 is 5.74. The largest absolute Gasteiger partial charge is 0.506 e. The number of nitrogens with one attached hydrogen (secondary N) is 1. The summed E-state index contributed by atoms with van der Waals surface area (Å²) in [4.78, 5) is 12.3. The average Bonchev–Trinajstić information content (AvgIpc) is 2.52. The summed E-state index contributed by atoms with van der Waals surface area (Å²) < 4.78 is 13.7. The van der Waals surface area contributed by atoms with Crippen LogP contribution >= 0.6 is 11.6 Å². The molecular weight excluding hydrogens is 305 g/mol. The van der Waals surface area contributed by atoms with Crippen molar-refractivity contribution < 1.29 is 14.3 Å². The maximum absolute atomic E-state index is 13.7. The maximum atomic E-state index is 13.7. The van der Waals surface area contributed by atoms with Crippen molar-refractivity contribution in [1.29, 1.82) is 0 Å². The van der Waals surface area contributed by atoms with Gasteiger partial charge in [0.1, 0.15) is 5.75 Å². The van der Waals surface area contributed by atoms with E-state index in [-0.39, 0.29) is 16.5 Å². The van der Waals surface area contributed by atoms with E-state index in [1.807, 2.05) is 12.1 Å². The van der Waals surface area contributed by atoms with Crippen LogP contribution in [0.25, 0.3) is 0 Å². The van der Waals surface area contributed by atoms with E-state index in [9.17, 15) is 14.3 Å². The molecule has 0 fully saturated rings. The Hall–Kier alpha value is -2.07. The van der Waals surface area contributed by atoms with Gasteiger partial charge in [0.15, 0.2) is 5.82 Å². The lowest BCUT2D eigenvalue weighted by Crippen LogP contribution is -2.14. The molecule has 0 aromatic heterocycles. The summed E-state index contributed by atoms with van der Waals surface area (Å²) in [5.74, 6) is -1.48. The van der Waals surface area contributed by atoms with Gasteiger partial charge in [-0.1, -0.05) is 17.7 Å². The molecule has 0 unspecified atom stereocenters. The van der Waals surface area contributed by atoms with Crippen molar-refractivity contribution in [3.05, 3.63) is 57.9 Å². The highest BCUT2D eigenvalue weighted by Crippen LogP contribution is 2.29. The van der Waals surface area contributed by atoms with Crippen LogP contribution in [-0.2, 0) is 12.8 Å². The van der Waals surface area contributed by atoms with E-state index < -0.39 is 11.7 Å². The Balaban J connectivity index is 1.84. The third kappa shape index (κ3) is 2.92. The monoisotopic (exact) mass is 319 g/mol. The lowest BCUT2D eigenvalue weighted by molar-refractivity contribution is 0.102. The van der Waals surface area contributed by atoms with Gasteiger partial charge in [0.2, 0.25) is 0 Å². The van der Waals surface area contributed by atoms with Crippen molar-refractivity contribution >= 4 is 23.2 Å². The van der Waals surface area contributed by atoms with Crippen molar-refractivity contribution in [3.8, 4) is 5.75 Å². The fourth-order valence-electron chi connectivity index (χ4n) is 2.70. The molecule has 0 heterocycles. The van der Waals surface area contributed by atoms with Gasteiger partial charge >= 0.3 is 0 Å². The zero-order valence-corrected chi connectivity index (χ0v) is 12.6. The van der Waals surface area contributed by atoms with Gasteiger partial charge in [-0.3, -0.25) is 4.79 Å². The Labute approximate surface area is 132 Å². The number of hydrogen-bond donors (Lipinski definition) is 2. The van der Waals surface area contributed by atoms with Crippen molar-refractivity contribution in [2.24, 2.45) is 0 Å². The molecule has 1 aliphatic rings. The fourth-order valence-corrected chi connectivity index (χ4v) is 2.86. The minimum Gasteiger partial charge on any atom is -0.506 e. The molecule has 1 amide bonds.